The molecule has 2 amide bonds. The summed E-state index contributed by atoms with van der Waals surface area (Å²) in [4.78, 5) is 33.6. The van der Waals surface area contributed by atoms with Crippen molar-refractivity contribution < 1.29 is 14.3 Å². The number of ether oxygens (including phenoxy) is 1. The predicted octanol–water partition coefficient (Wildman–Crippen LogP) is 4.47. The third kappa shape index (κ3) is 5.73. The molecule has 32 heavy (non-hydrogen) atoms. The summed E-state index contributed by atoms with van der Waals surface area (Å²) >= 11 is 0. The zero-order valence-electron chi connectivity index (χ0n) is 18.3. The van der Waals surface area contributed by atoms with E-state index in [4.69, 9.17) is 11.3 Å². The molecular weight excluding hydrogens is 444 g/mol. The van der Waals surface area contributed by atoms with Gasteiger partial charge in [0.2, 0.25) is 5.91 Å². The Morgan fingerprint density at radius 3 is 2.72 bits per heavy atom. The van der Waals surface area contributed by atoms with Gasteiger partial charge in [-0.05, 0) is 49.4 Å². The van der Waals surface area contributed by atoms with Crippen molar-refractivity contribution in [3.05, 3.63) is 41.4 Å². The van der Waals surface area contributed by atoms with Gasteiger partial charge in [0, 0.05) is 42.0 Å². The Hall–Kier alpha value is -2.31. The minimum Gasteiger partial charge on any atom is -0.410 e. The maximum atomic E-state index is 12.8. The average Bonchev–Trinajstić information content (AvgIpc) is 3.48. The first-order valence-corrected chi connectivity index (χ1v) is 10.8. The van der Waals surface area contributed by atoms with E-state index in [2.05, 4.69) is 15.1 Å². The van der Waals surface area contributed by atoms with Crippen LogP contribution in [0.1, 0.15) is 51.0 Å². The molecule has 1 saturated carbocycles. The Morgan fingerprint density at radius 2 is 2.00 bits per heavy atom. The van der Waals surface area contributed by atoms with Gasteiger partial charge in [-0.3, -0.25) is 14.5 Å². The van der Waals surface area contributed by atoms with Gasteiger partial charge in [-0.25, -0.2) is 11.4 Å². The summed E-state index contributed by atoms with van der Waals surface area (Å²) in [6.45, 7) is 9.88. The molecule has 0 unspecified atom stereocenters. The fraction of sp³-hybridized carbons (Fsp3) is 0.522. The summed E-state index contributed by atoms with van der Waals surface area (Å²) in [7, 11) is 0. The Balaban J connectivity index is 0.00000181. The first-order valence-electron chi connectivity index (χ1n) is 10.8. The van der Waals surface area contributed by atoms with Crippen LogP contribution in [0.5, 0.6) is 5.75 Å². The van der Waals surface area contributed by atoms with Crippen molar-refractivity contribution in [2.24, 2.45) is 5.92 Å². The predicted molar refractivity (Wildman–Crippen MR) is 135 cm³/mol. The highest BCUT2D eigenvalue weighted by molar-refractivity contribution is 7.59. The number of H-pyrrole nitrogens is 1. The van der Waals surface area contributed by atoms with E-state index in [0.29, 0.717) is 18.7 Å². The van der Waals surface area contributed by atoms with Gasteiger partial charge in [-0.2, -0.15) is 27.0 Å². The minimum absolute atomic E-state index is 0. The lowest BCUT2D eigenvalue weighted by molar-refractivity contribution is -0.135. The Kier molecular flexibility index (Phi) is 9.34. The summed E-state index contributed by atoms with van der Waals surface area (Å²) in [5, 5.41) is 3.88. The highest BCUT2D eigenvalue weighted by Gasteiger charge is 2.35. The first kappa shape index (κ1) is 25.9. The van der Waals surface area contributed by atoms with Crippen LogP contribution in [0.2, 0.25) is 0 Å². The van der Waals surface area contributed by atoms with Gasteiger partial charge in [0.1, 0.15) is 5.75 Å². The van der Waals surface area contributed by atoms with Crippen LogP contribution < -0.4 is 10.1 Å². The van der Waals surface area contributed by atoms with E-state index >= 15 is 0 Å². The van der Waals surface area contributed by atoms with Gasteiger partial charge in [0.05, 0.1) is 0 Å². The van der Waals surface area contributed by atoms with Crippen LogP contribution in [0, 0.1) is 12.5 Å². The molecule has 1 aromatic heterocycles. The fourth-order valence-corrected chi connectivity index (χ4v) is 4.60. The molecule has 0 bridgehead atoms. The molecule has 1 saturated heterocycles. The maximum Gasteiger partial charge on any atom is 0.412 e. The highest BCUT2D eigenvalue weighted by Crippen LogP contribution is 2.28. The summed E-state index contributed by atoms with van der Waals surface area (Å²) in [6, 6.07) is 5.72. The number of likely N-dealkylation sites (tertiary alicyclic amines) is 1. The van der Waals surface area contributed by atoms with Crippen molar-refractivity contribution in [2.75, 3.05) is 6.54 Å². The average molecular weight is 477 g/mol. The third-order valence-corrected chi connectivity index (χ3v) is 6.23. The van der Waals surface area contributed by atoms with Crippen LogP contribution in [-0.2, 0) is 11.2 Å². The lowest BCUT2D eigenvalue weighted by Gasteiger charge is -2.20. The molecule has 0 radical (unpaired) electrons. The van der Waals surface area contributed by atoms with E-state index in [1.165, 1.54) is 0 Å². The number of aromatic amines is 1. The van der Waals surface area contributed by atoms with E-state index in [-0.39, 0.29) is 51.0 Å². The lowest BCUT2D eigenvalue weighted by atomic mass is 9.99. The van der Waals surface area contributed by atoms with Gasteiger partial charge in [0.25, 0.3) is 0 Å². The molecule has 2 N–H and O–H groups in total. The van der Waals surface area contributed by atoms with Crippen LogP contribution in [0.4, 0.5) is 4.79 Å². The van der Waals surface area contributed by atoms with Gasteiger partial charge >= 0.3 is 12.3 Å². The zero-order chi connectivity index (χ0) is 21.1. The van der Waals surface area contributed by atoms with Crippen molar-refractivity contribution in [2.45, 2.75) is 64.1 Å². The number of nitrogens with zero attached hydrogens (tertiary/aromatic N) is 2. The Labute approximate surface area is 203 Å². The number of aromatic nitrogens is 1. The number of rotatable bonds is 5. The number of hydrogen-bond acceptors (Lipinski definition) is 3. The number of fused-ring (bicyclic) bond motifs is 1. The molecule has 1 aromatic carbocycles. The summed E-state index contributed by atoms with van der Waals surface area (Å²) < 4.78 is 5.50. The molecular formula is C23H32N4O3S2. The Morgan fingerprint density at radius 1 is 1.25 bits per heavy atom. The quantitative estimate of drug-likeness (QED) is 0.625. The normalized spacial score (nSPS) is 19.0. The van der Waals surface area contributed by atoms with E-state index < -0.39 is 6.09 Å². The van der Waals surface area contributed by atoms with Crippen LogP contribution in [0.15, 0.2) is 24.4 Å². The van der Waals surface area contributed by atoms with E-state index in [1.807, 2.05) is 25.3 Å². The summed E-state index contributed by atoms with van der Waals surface area (Å²) in [5.41, 5.74) is 1.94. The standard InChI is InChI=1S/C23H28N4O3.2H2S/c1-15(22(28)27-11-5-8-21(27)24-2)12-16-14-25-20-10-9-18(13-19(16)20)30-23(29)26-17-6-3-4-7-17;;/h9-10,13-15,17,21,25H,3-8,11-12H2,1H3,(H,26,29);2*1H2/t15-,21-;;/m0../s1. The SMILES string of the molecule is S.S.[C-]#[N+][C@@H]1CCCN1C(=O)[C@@H](C)Cc1c[nH]c2ccc(OC(=O)NC3CCCC3)cc12. The van der Waals surface area contributed by atoms with Crippen LogP contribution in [0.3, 0.4) is 0 Å². The van der Waals surface area contributed by atoms with E-state index in [0.717, 1.165) is 55.0 Å². The number of hydrogen-bond donors (Lipinski definition) is 2. The summed E-state index contributed by atoms with van der Waals surface area (Å²) in [6.07, 6.45) is 7.71. The van der Waals surface area contributed by atoms with Gasteiger partial charge in [-0.1, -0.05) is 19.8 Å². The molecule has 2 heterocycles. The third-order valence-electron chi connectivity index (χ3n) is 6.23. The molecule has 4 rings (SSSR count). The molecule has 9 heteroatoms. The number of benzene rings is 1. The highest BCUT2D eigenvalue weighted by atomic mass is 32.1. The Bertz CT molecular complexity index is 981. The van der Waals surface area contributed by atoms with Gasteiger partial charge in [0.15, 0.2) is 0 Å². The number of carbonyl (C=O) groups excluding carboxylic acids is 2. The smallest absolute Gasteiger partial charge is 0.410 e. The zero-order valence-corrected chi connectivity index (χ0v) is 20.3. The second kappa shape index (κ2) is 11.5. The number of amides is 2. The topological polar surface area (TPSA) is 78.8 Å². The van der Waals surface area contributed by atoms with Crippen molar-refractivity contribution in [3.8, 4) is 5.75 Å². The summed E-state index contributed by atoms with van der Waals surface area (Å²) in [5.74, 6) is 0.304. The molecule has 7 nitrogen and oxygen atoms in total. The van der Waals surface area contributed by atoms with Crippen LogP contribution in [0.25, 0.3) is 15.7 Å². The van der Waals surface area contributed by atoms with Crippen molar-refractivity contribution >= 4 is 49.9 Å². The van der Waals surface area contributed by atoms with Crippen molar-refractivity contribution in [1.29, 1.82) is 0 Å². The molecule has 174 valence electrons. The molecule has 1 aliphatic carbocycles. The monoisotopic (exact) mass is 476 g/mol. The lowest BCUT2D eigenvalue weighted by Crippen LogP contribution is -2.38. The van der Waals surface area contributed by atoms with Crippen LogP contribution in [-0.4, -0.2) is 40.6 Å². The molecule has 2 fully saturated rings. The molecule has 2 atom stereocenters. The maximum absolute atomic E-state index is 12.8. The van der Waals surface area contributed by atoms with Crippen LogP contribution >= 0.6 is 27.0 Å². The largest absolute Gasteiger partial charge is 0.412 e. The fourth-order valence-electron chi connectivity index (χ4n) is 4.60. The van der Waals surface area contributed by atoms with Crippen molar-refractivity contribution in [3.63, 3.8) is 0 Å². The second-order valence-corrected chi connectivity index (χ2v) is 8.43. The van der Waals surface area contributed by atoms with E-state index in [1.54, 1.807) is 11.0 Å². The minimum atomic E-state index is -0.416. The van der Waals surface area contributed by atoms with Crippen molar-refractivity contribution in [1.82, 2.24) is 15.2 Å². The van der Waals surface area contributed by atoms with Gasteiger partial charge < -0.3 is 15.0 Å². The molecule has 2 aromatic rings. The molecule has 2 aliphatic rings. The second-order valence-electron chi connectivity index (χ2n) is 8.43. The molecule has 1 aliphatic heterocycles. The molecule has 0 spiro atoms. The first-order chi connectivity index (χ1) is 14.5. The van der Waals surface area contributed by atoms with E-state index in [9.17, 15) is 9.59 Å². The number of nitrogens with one attached hydrogen (secondary N) is 2. The number of carbonyl (C=O) groups is 2. The van der Waals surface area contributed by atoms with Gasteiger partial charge in [-0.15, -0.1) is 0 Å².